The summed E-state index contributed by atoms with van der Waals surface area (Å²) in [6, 6.07) is 0. The molecule has 0 aromatic carbocycles. The highest BCUT2D eigenvalue weighted by Gasteiger charge is 2.29. The fourth-order valence-corrected chi connectivity index (χ4v) is 1.10. The van der Waals surface area contributed by atoms with Crippen molar-refractivity contribution in [2.45, 2.75) is 18.3 Å². The van der Waals surface area contributed by atoms with Crippen LogP contribution in [0.15, 0.2) is 0 Å². The summed E-state index contributed by atoms with van der Waals surface area (Å²) < 4.78 is 13.6. The molecule has 0 aromatic heterocycles. The molecule has 0 aliphatic heterocycles. The molecule has 16 heavy (non-hydrogen) atoms. The number of carbonyl (C=O) groups excluding carboxylic acids is 1. The summed E-state index contributed by atoms with van der Waals surface area (Å²) in [5.74, 6) is -1.17. The summed E-state index contributed by atoms with van der Waals surface area (Å²) in [5.41, 5.74) is 0. The molecule has 0 radical (unpaired) electrons. The van der Waals surface area contributed by atoms with Crippen LogP contribution in [0.4, 0.5) is 0 Å². The van der Waals surface area contributed by atoms with E-state index in [1.165, 1.54) is 0 Å². The standard InChI is InChI=1S/C6H13O9P/c7-1-3(8)5(10)6(11)4(9)2-15-16(12,13)14/h4-7,9-11H,1-2H2,(H2,12,13,14)/p-2/t4-,5-,6+/m0/s1. The molecule has 96 valence electrons. The molecule has 0 fully saturated rings. The van der Waals surface area contributed by atoms with E-state index in [9.17, 15) is 19.1 Å². The maximum Gasteiger partial charge on any atom is 0.189 e. The highest BCUT2D eigenvalue weighted by Crippen LogP contribution is 2.24. The van der Waals surface area contributed by atoms with Gasteiger partial charge in [-0.1, -0.05) is 0 Å². The molecule has 4 N–H and O–H groups in total. The van der Waals surface area contributed by atoms with Gasteiger partial charge >= 0.3 is 0 Å². The van der Waals surface area contributed by atoms with Crippen LogP contribution in [0.1, 0.15) is 0 Å². The number of rotatable bonds is 7. The minimum Gasteiger partial charge on any atom is -0.790 e. The average molecular weight is 258 g/mol. The van der Waals surface area contributed by atoms with Crippen molar-refractivity contribution in [1.82, 2.24) is 0 Å². The lowest BCUT2D eigenvalue weighted by Crippen LogP contribution is -2.45. The summed E-state index contributed by atoms with van der Waals surface area (Å²) in [6.45, 7) is -2.16. The molecule has 9 nitrogen and oxygen atoms in total. The zero-order valence-corrected chi connectivity index (χ0v) is 8.82. The fourth-order valence-electron chi connectivity index (χ4n) is 0.761. The summed E-state index contributed by atoms with van der Waals surface area (Å²) in [5, 5.41) is 35.4. The minimum absolute atomic E-state index is 1.06. The van der Waals surface area contributed by atoms with Crippen LogP contribution in [-0.2, 0) is 13.9 Å². The van der Waals surface area contributed by atoms with Gasteiger partial charge in [0.05, 0.1) is 14.4 Å². The van der Waals surface area contributed by atoms with Crippen molar-refractivity contribution < 1.29 is 44.1 Å². The smallest absolute Gasteiger partial charge is 0.189 e. The van der Waals surface area contributed by atoms with Crippen molar-refractivity contribution in [3.05, 3.63) is 0 Å². The summed E-state index contributed by atoms with van der Waals surface area (Å²) >= 11 is 0. The maximum atomic E-state index is 10.7. The first kappa shape index (κ1) is 15.6. The second-order valence-electron chi connectivity index (χ2n) is 2.87. The first-order valence-electron chi connectivity index (χ1n) is 4.03. The Hall–Kier alpha value is -0.380. The zero-order chi connectivity index (χ0) is 12.9. The number of hydrogen-bond donors (Lipinski definition) is 4. The van der Waals surface area contributed by atoms with Crippen LogP contribution in [-0.4, -0.2) is 57.7 Å². The van der Waals surface area contributed by atoms with Crippen LogP contribution in [0.5, 0.6) is 0 Å². The molecule has 0 aromatic rings. The van der Waals surface area contributed by atoms with E-state index >= 15 is 0 Å². The quantitative estimate of drug-likeness (QED) is 0.328. The number of aliphatic hydroxyl groups is 4. The number of phosphoric ester groups is 1. The molecular weight excluding hydrogens is 247 g/mol. The Bertz CT molecular complexity index is 273. The van der Waals surface area contributed by atoms with E-state index in [-0.39, 0.29) is 0 Å². The summed E-state index contributed by atoms with van der Waals surface area (Å²) in [6.07, 6.45) is -6.12. The molecule has 0 rings (SSSR count). The Kier molecular flexibility index (Phi) is 6.23. The van der Waals surface area contributed by atoms with E-state index < -0.39 is 45.1 Å². The van der Waals surface area contributed by atoms with E-state index in [0.717, 1.165) is 0 Å². The van der Waals surface area contributed by atoms with Gasteiger partial charge in [-0.15, -0.1) is 0 Å². The lowest BCUT2D eigenvalue weighted by molar-refractivity contribution is -0.343. The monoisotopic (exact) mass is 258 g/mol. The molecule has 0 saturated heterocycles. The molecule has 0 amide bonds. The van der Waals surface area contributed by atoms with Crippen molar-refractivity contribution in [2.75, 3.05) is 13.2 Å². The molecule has 0 bridgehead atoms. The molecule has 0 aliphatic carbocycles. The molecule has 10 heteroatoms. The van der Waals surface area contributed by atoms with Gasteiger partial charge in [0.2, 0.25) is 0 Å². The molecule has 0 heterocycles. The van der Waals surface area contributed by atoms with E-state index in [1.54, 1.807) is 0 Å². The topological polar surface area (TPSA) is 170 Å². The zero-order valence-electron chi connectivity index (χ0n) is 7.92. The number of carbonyl (C=O) groups is 1. The molecule has 0 unspecified atom stereocenters. The fraction of sp³-hybridized carbons (Fsp3) is 0.833. The first-order chi connectivity index (χ1) is 7.19. The van der Waals surface area contributed by atoms with E-state index in [2.05, 4.69) is 4.52 Å². The number of phosphoric acid groups is 1. The van der Waals surface area contributed by atoms with Crippen LogP contribution >= 0.6 is 7.82 Å². The summed E-state index contributed by atoms with van der Waals surface area (Å²) in [7, 11) is -5.31. The van der Waals surface area contributed by atoms with Crippen LogP contribution in [0.2, 0.25) is 0 Å². The van der Waals surface area contributed by atoms with E-state index in [1.807, 2.05) is 0 Å². The third kappa shape index (κ3) is 5.64. The van der Waals surface area contributed by atoms with Crippen molar-refractivity contribution in [1.29, 1.82) is 0 Å². The van der Waals surface area contributed by atoms with Gasteiger partial charge in [0.1, 0.15) is 24.9 Å². The third-order valence-corrected chi connectivity index (χ3v) is 2.07. The number of ketones is 1. The predicted octanol–water partition coefficient (Wildman–Crippen LogP) is -4.52. The Morgan fingerprint density at radius 3 is 2.19 bits per heavy atom. The third-order valence-electron chi connectivity index (χ3n) is 1.61. The Morgan fingerprint density at radius 1 is 1.31 bits per heavy atom. The number of Topliss-reactive ketones (excluding diaryl/α,β-unsaturated/α-hetero) is 1. The van der Waals surface area contributed by atoms with Crippen LogP contribution in [0.3, 0.4) is 0 Å². The number of hydrogen-bond acceptors (Lipinski definition) is 9. The summed E-state index contributed by atoms with van der Waals surface area (Å²) in [4.78, 5) is 30.7. The van der Waals surface area contributed by atoms with Gasteiger partial charge in [0, 0.05) is 0 Å². The van der Waals surface area contributed by atoms with Gasteiger partial charge in [-0.05, 0) is 0 Å². The minimum atomic E-state index is -5.31. The Morgan fingerprint density at radius 2 is 1.81 bits per heavy atom. The van der Waals surface area contributed by atoms with Gasteiger partial charge in [0.25, 0.3) is 0 Å². The van der Waals surface area contributed by atoms with Crippen molar-refractivity contribution in [3.63, 3.8) is 0 Å². The van der Waals surface area contributed by atoms with Crippen molar-refractivity contribution >= 4 is 13.6 Å². The maximum absolute atomic E-state index is 10.7. The first-order valence-corrected chi connectivity index (χ1v) is 5.49. The van der Waals surface area contributed by atoms with Crippen LogP contribution < -0.4 is 9.79 Å². The van der Waals surface area contributed by atoms with Gasteiger partial charge in [-0.3, -0.25) is 4.79 Å². The lowest BCUT2D eigenvalue weighted by Gasteiger charge is -2.31. The highest BCUT2D eigenvalue weighted by molar-refractivity contribution is 7.43. The molecule has 0 aliphatic rings. The van der Waals surface area contributed by atoms with Crippen molar-refractivity contribution in [2.24, 2.45) is 0 Å². The molecular formula is C6H11O9P-2. The molecule has 0 saturated carbocycles. The lowest BCUT2D eigenvalue weighted by atomic mass is 10.1. The molecule has 0 spiro atoms. The highest BCUT2D eigenvalue weighted by atomic mass is 31.2. The second-order valence-corrected chi connectivity index (χ2v) is 4.02. The normalized spacial score (nSPS) is 17.9. The average Bonchev–Trinajstić information content (AvgIpc) is 2.21. The van der Waals surface area contributed by atoms with Crippen LogP contribution in [0, 0.1) is 0 Å². The van der Waals surface area contributed by atoms with Crippen molar-refractivity contribution in [3.8, 4) is 0 Å². The second kappa shape index (κ2) is 6.38. The predicted molar refractivity (Wildman–Crippen MR) is 43.7 cm³/mol. The largest absolute Gasteiger partial charge is 0.790 e. The van der Waals surface area contributed by atoms with Gasteiger partial charge < -0.3 is 39.3 Å². The molecule has 3 atom stereocenters. The Balaban J connectivity index is 4.23. The van der Waals surface area contributed by atoms with Gasteiger partial charge in [-0.25, -0.2) is 0 Å². The number of aliphatic hydroxyl groups excluding tert-OH is 4. The Labute approximate surface area is 90.2 Å². The SMILES string of the molecule is O=C(CO)[C@H](O)[C@H](O)[C@@H](O)COP(=O)([O-])[O-]. The van der Waals surface area contributed by atoms with Gasteiger partial charge in [0.15, 0.2) is 5.78 Å². The van der Waals surface area contributed by atoms with Gasteiger partial charge in [-0.2, -0.15) is 0 Å². The van der Waals surface area contributed by atoms with E-state index in [4.69, 9.17) is 20.4 Å². The van der Waals surface area contributed by atoms with Crippen LogP contribution in [0.25, 0.3) is 0 Å². The van der Waals surface area contributed by atoms with E-state index in [0.29, 0.717) is 0 Å².